The molecule has 3 nitrogen and oxygen atoms in total. The number of ether oxygens (including phenoxy) is 1. The number of hydrogen-bond acceptors (Lipinski definition) is 3. The lowest BCUT2D eigenvalue weighted by Crippen LogP contribution is -2.25. The van der Waals surface area contributed by atoms with Gasteiger partial charge in [-0.2, -0.15) is 0 Å². The molecule has 0 amide bonds. The van der Waals surface area contributed by atoms with Crippen LogP contribution in [0.5, 0.6) is 5.75 Å². The van der Waals surface area contributed by atoms with Crippen molar-refractivity contribution in [3.8, 4) is 5.75 Å². The largest absolute Gasteiger partial charge is 0.493 e. The Balaban J connectivity index is 1.26. The number of hydrogen-bond donors (Lipinski definition) is 1. The van der Waals surface area contributed by atoms with Gasteiger partial charge in [-0.3, -0.25) is 0 Å². The van der Waals surface area contributed by atoms with E-state index in [0.29, 0.717) is 18.4 Å². The second kappa shape index (κ2) is 12.2. The highest BCUT2D eigenvalue weighted by Gasteiger charge is 2.31. The number of nitrogens with one attached hydrogen (secondary N) is 1. The summed E-state index contributed by atoms with van der Waals surface area (Å²) in [5, 5.41) is 7.94. The normalized spacial score (nSPS) is 32.8. The van der Waals surface area contributed by atoms with Crippen molar-refractivity contribution in [2.24, 2.45) is 29.6 Å². The smallest absolute Gasteiger partial charge is 0.128 e. The van der Waals surface area contributed by atoms with E-state index >= 15 is 0 Å². The monoisotopic (exact) mass is 451 g/mol. The first kappa shape index (κ1) is 24.5. The summed E-state index contributed by atoms with van der Waals surface area (Å²) in [5.74, 6) is 5.22. The summed E-state index contributed by atoms with van der Waals surface area (Å²) in [6.45, 7) is 3.04. The third-order valence-electron chi connectivity index (χ3n) is 9.25. The Kier molecular flexibility index (Phi) is 9.03. The van der Waals surface area contributed by atoms with Gasteiger partial charge in [0.2, 0.25) is 0 Å². The molecule has 3 saturated carbocycles. The molecule has 0 radical (unpaired) electrons. The molecule has 0 aromatic heterocycles. The van der Waals surface area contributed by atoms with E-state index in [4.69, 9.17) is 10.1 Å². The molecule has 3 aliphatic carbocycles. The summed E-state index contributed by atoms with van der Waals surface area (Å²) in [7, 11) is 0. The second-order valence-electron chi connectivity index (χ2n) is 11.4. The highest BCUT2D eigenvalue weighted by Crippen LogP contribution is 2.44. The van der Waals surface area contributed by atoms with Gasteiger partial charge < -0.3 is 14.9 Å². The molecule has 3 heteroatoms. The number of carbonyl (C=O) groups excluding carboxylic acids is 1. The van der Waals surface area contributed by atoms with Crippen molar-refractivity contribution >= 4 is 12.5 Å². The fourth-order valence-corrected chi connectivity index (χ4v) is 7.04. The first-order valence-electron chi connectivity index (χ1n) is 13.9. The molecular formula is C30H45NO2. The van der Waals surface area contributed by atoms with Gasteiger partial charge in [0.05, 0.1) is 6.61 Å². The van der Waals surface area contributed by atoms with Gasteiger partial charge >= 0.3 is 0 Å². The SMILES string of the molecule is CCCC1CCC(C2CCC(c3ccc(OCC4CCC(C=O)CC4)c(C=N)c3)CC2)CC1. The van der Waals surface area contributed by atoms with Crippen molar-refractivity contribution in [3.05, 3.63) is 29.3 Å². The van der Waals surface area contributed by atoms with Crippen LogP contribution in [0.25, 0.3) is 0 Å². The van der Waals surface area contributed by atoms with Gasteiger partial charge in [-0.15, -0.1) is 0 Å². The van der Waals surface area contributed by atoms with Crippen molar-refractivity contribution in [3.63, 3.8) is 0 Å². The Bertz CT molecular complexity index is 751. The van der Waals surface area contributed by atoms with Crippen molar-refractivity contribution in [2.45, 2.75) is 103 Å². The zero-order valence-electron chi connectivity index (χ0n) is 20.8. The van der Waals surface area contributed by atoms with E-state index in [1.807, 2.05) is 0 Å². The summed E-state index contributed by atoms with van der Waals surface area (Å²) >= 11 is 0. The molecule has 3 aliphatic rings. The minimum Gasteiger partial charge on any atom is -0.493 e. The molecule has 1 N–H and O–H groups in total. The average molecular weight is 452 g/mol. The van der Waals surface area contributed by atoms with Crippen LogP contribution in [0.2, 0.25) is 0 Å². The average Bonchev–Trinajstić information content (AvgIpc) is 2.88. The Morgan fingerprint density at radius 3 is 2.12 bits per heavy atom. The van der Waals surface area contributed by atoms with Crippen LogP contribution in [0, 0.1) is 35.0 Å². The maximum atomic E-state index is 11.0. The Morgan fingerprint density at radius 1 is 0.879 bits per heavy atom. The third-order valence-corrected chi connectivity index (χ3v) is 9.25. The number of rotatable bonds is 9. The Labute approximate surface area is 201 Å². The minimum absolute atomic E-state index is 0.254. The van der Waals surface area contributed by atoms with E-state index in [2.05, 4.69) is 25.1 Å². The van der Waals surface area contributed by atoms with Crippen LogP contribution in [0.3, 0.4) is 0 Å². The van der Waals surface area contributed by atoms with Crippen LogP contribution in [0.4, 0.5) is 0 Å². The first-order valence-corrected chi connectivity index (χ1v) is 13.9. The molecule has 33 heavy (non-hydrogen) atoms. The lowest BCUT2D eigenvalue weighted by molar-refractivity contribution is -0.112. The fraction of sp³-hybridized carbons (Fsp3) is 0.733. The summed E-state index contributed by atoms with van der Waals surface area (Å²) in [6.07, 6.45) is 20.8. The van der Waals surface area contributed by atoms with Crippen molar-refractivity contribution in [1.82, 2.24) is 0 Å². The molecule has 0 bridgehead atoms. The Hall–Kier alpha value is -1.64. The molecule has 0 saturated heterocycles. The molecule has 0 aliphatic heterocycles. The molecule has 1 aromatic rings. The van der Waals surface area contributed by atoms with Crippen LogP contribution in [-0.4, -0.2) is 19.1 Å². The lowest BCUT2D eigenvalue weighted by Gasteiger charge is -2.38. The maximum absolute atomic E-state index is 11.0. The third kappa shape index (κ3) is 6.49. The van der Waals surface area contributed by atoms with Crippen LogP contribution in [0.1, 0.15) is 114 Å². The lowest BCUT2D eigenvalue weighted by atomic mass is 9.68. The van der Waals surface area contributed by atoms with Crippen LogP contribution in [0.15, 0.2) is 18.2 Å². The number of aldehydes is 1. The highest BCUT2D eigenvalue weighted by atomic mass is 16.5. The van der Waals surface area contributed by atoms with Crippen LogP contribution >= 0.6 is 0 Å². The molecule has 0 heterocycles. The van der Waals surface area contributed by atoms with E-state index in [9.17, 15) is 4.79 Å². The van der Waals surface area contributed by atoms with Gasteiger partial charge in [0.1, 0.15) is 12.0 Å². The zero-order valence-corrected chi connectivity index (χ0v) is 20.8. The second-order valence-corrected chi connectivity index (χ2v) is 11.4. The van der Waals surface area contributed by atoms with Crippen LogP contribution < -0.4 is 4.74 Å². The molecule has 4 rings (SSSR count). The van der Waals surface area contributed by atoms with Gasteiger partial charge in [0, 0.05) is 17.7 Å². The van der Waals surface area contributed by atoms with E-state index in [-0.39, 0.29) is 5.92 Å². The van der Waals surface area contributed by atoms with Crippen molar-refractivity contribution in [1.29, 1.82) is 5.41 Å². The predicted molar refractivity (Wildman–Crippen MR) is 136 cm³/mol. The van der Waals surface area contributed by atoms with E-state index in [1.54, 1.807) is 0 Å². The summed E-state index contributed by atoms with van der Waals surface area (Å²) in [6, 6.07) is 6.58. The molecule has 0 spiro atoms. The quantitative estimate of drug-likeness (QED) is 0.306. The van der Waals surface area contributed by atoms with E-state index in [0.717, 1.165) is 61.0 Å². The summed E-state index contributed by atoms with van der Waals surface area (Å²) < 4.78 is 6.16. The highest BCUT2D eigenvalue weighted by molar-refractivity contribution is 5.81. The van der Waals surface area contributed by atoms with Gasteiger partial charge in [-0.25, -0.2) is 0 Å². The minimum atomic E-state index is 0.254. The first-order chi connectivity index (χ1) is 16.2. The van der Waals surface area contributed by atoms with Gasteiger partial charge in [0.15, 0.2) is 0 Å². The van der Waals surface area contributed by atoms with Crippen LogP contribution in [-0.2, 0) is 4.79 Å². The van der Waals surface area contributed by atoms with Gasteiger partial charge in [-0.05, 0) is 111 Å². The van der Waals surface area contributed by atoms with Gasteiger partial charge in [-0.1, -0.05) is 38.7 Å². The predicted octanol–water partition coefficient (Wildman–Crippen LogP) is 7.95. The molecular weight excluding hydrogens is 406 g/mol. The van der Waals surface area contributed by atoms with Gasteiger partial charge in [0.25, 0.3) is 0 Å². The van der Waals surface area contributed by atoms with Crippen molar-refractivity contribution < 1.29 is 9.53 Å². The topological polar surface area (TPSA) is 50.2 Å². The number of benzene rings is 1. The van der Waals surface area contributed by atoms with Crippen molar-refractivity contribution in [2.75, 3.05) is 6.61 Å². The zero-order chi connectivity index (χ0) is 23.0. The summed E-state index contributed by atoms with van der Waals surface area (Å²) in [5.41, 5.74) is 2.32. The molecule has 3 fully saturated rings. The Morgan fingerprint density at radius 2 is 1.52 bits per heavy atom. The molecule has 0 unspecified atom stereocenters. The number of carbonyl (C=O) groups is 1. The maximum Gasteiger partial charge on any atom is 0.128 e. The van der Waals surface area contributed by atoms with E-state index in [1.165, 1.54) is 76.0 Å². The fourth-order valence-electron chi connectivity index (χ4n) is 7.04. The standard InChI is InChI=1S/C30H45NO2/c1-2-3-22-8-10-25(11-9-22)26-12-14-27(15-13-26)28-16-17-30(29(18-28)19-31)33-21-24-6-4-23(20-32)5-7-24/h16-20,22-27,31H,2-15,21H2,1H3. The molecule has 1 aromatic carbocycles. The molecule has 0 atom stereocenters. The van der Waals surface area contributed by atoms with E-state index < -0.39 is 0 Å². The summed E-state index contributed by atoms with van der Waals surface area (Å²) in [4.78, 5) is 11.0. The molecule has 182 valence electrons.